The van der Waals surface area contributed by atoms with Crippen molar-refractivity contribution in [3.63, 3.8) is 0 Å². The van der Waals surface area contributed by atoms with Crippen molar-refractivity contribution in [2.24, 2.45) is 0 Å². The lowest BCUT2D eigenvalue weighted by Crippen LogP contribution is -2.03. The molecule has 0 aliphatic carbocycles. The predicted molar refractivity (Wildman–Crippen MR) is 154 cm³/mol. The van der Waals surface area contributed by atoms with Gasteiger partial charge in [0.15, 0.2) is 0 Å². The molecule has 2 heterocycles. The summed E-state index contributed by atoms with van der Waals surface area (Å²) in [6.45, 7) is 0. The molecule has 2 aromatic heterocycles. The molecule has 172 valence electrons. The number of aromatic nitrogens is 3. The van der Waals surface area contributed by atoms with Crippen molar-refractivity contribution >= 4 is 54.3 Å². The van der Waals surface area contributed by atoms with Crippen LogP contribution in [0.5, 0.6) is 0 Å². The van der Waals surface area contributed by atoms with Gasteiger partial charge in [-0.2, -0.15) is 0 Å². The highest BCUT2D eigenvalue weighted by Crippen LogP contribution is 2.42. The number of fused-ring (bicyclic) bond motifs is 9. The zero-order valence-corrected chi connectivity index (χ0v) is 20.0. The van der Waals surface area contributed by atoms with Crippen LogP contribution in [0.3, 0.4) is 0 Å². The lowest BCUT2D eigenvalue weighted by Gasteiger charge is -2.13. The number of benzene rings is 6. The molecule has 0 bridgehead atoms. The first kappa shape index (κ1) is 20.2. The maximum atomic E-state index is 5.25. The van der Waals surface area contributed by atoms with Gasteiger partial charge in [-0.05, 0) is 28.3 Å². The SMILES string of the molecule is c1ccc(-c2nc(-n3c4ccccc4c4c5ccccc5c5ccccc5c43)nc3ccccc23)cc1. The predicted octanol–water partition coefficient (Wildman–Crippen LogP) is 8.70. The summed E-state index contributed by atoms with van der Waals surface area (Å²) >= 11 is 0. The van der Waals surface area contributed by atoms with Crippen LogP contribution in [0.4, 0.5) is 0 Å². The molecule has 0 unspecified atom stereocenters. The monoisotopic (exact) mass is 471 g/mol. The Balaban J connectivity index is 1.61. The van der Waals surface area contributed by atoms with Gasteiger partial charge in [0.2, 0.25) is 5.95 Å². The van der Waals surface area contributed by atoms with E-state index in [0.29, 0.717) is 5.95 Å². The number of hydrogen-bond acceptors (Lipinski definition) is 2. The van der Waals surface area contributed by atoms with Crippen molar-refractivity contribution in [3.8, 4) is 17.2 Å². The number of para-hydroxylation sites is 2. The smallest absolute Gasteiger partial charge is 0.235 e. The maximum absolute atomic E-state index is 5.25. The molecule has 0 N–H and O–H groups in total. The van der Waals surface area contributed by atoms with Crippen molar-refractivity contribution in [2.45, 2.75) is 0 Å². The molecule has 0 fully saturated rings. The Labute approximate surface area is 213 Å². The maximum Gasteiger partial charge on any atom is 0.235 e. The van der Waals surface area contributed by atoms with Crippen LogP contribution in [0.1, 0.15) is 0 Å². The summed E-state index contributed by atoms with van der Waals surface area (Å²) in [4.78, 5) is 10.4. The topological polar surface area (TPSA) is 30.7 Å². The summed E-state index contributed by atoms with van der Waals surface area (Å²) in [5.74, 6) is 0.684. The van der Waals surface area contributed by atoms with Crippen LogP contribution < -0.4 is 0 Å². The lowest BCUT2D eigenvalue weighted by molar-refractivity contribution is 1.02. The second kappa shape index (κ2) is 7.74. The van der Waals surface area contributed by atoms with Crippen molar-refractivity contribution in [2.75, 3.05) is 0 Å². The van der Waals surface area contributed by atoms with Crippen LogP contribution in [0.25, 0.3) is 71.5 Å². The molecule has 0 radical (unpaired) electrons. The van der Waals surface area contributed by atoms with E-state index in [2.05, 4.69) is 120 Å². The van der Waals surface area contributed by atoms with E-state index >= 15 is 0 Å². The first-order valence-electron chi connectivity index (χ1n) is 12.5. The van der Waals surface area contributed by atoms with Gasteiger partial charge in [-0.25, -0.2) is 9.97 Å². The second-order valence-corrected chi connectivity index (χ2v) is 9.42. The van der Waals surface area contributed by atoms with Gasteiger partial charge in [-0.3, -0.25) is 4.57 Å². The Bertz CT molecular complexity index is 2140. The summed E-state index contributed by atoms with van der Waals surface area (Å²) in [5.41, 5.74) is 5.20. The minimum Gasteiger partial charge on any atom is -0.277 e. The number of nitrogens with zero attached hydrogens (tertiary/aromatic N) is 3. The van der Waals surface area contributed by atoms with Crippen LogP contribution in [0.15, 0.2) is 127 Å². The molecular weight excluding hydrogens is 450 g/mol. The first-order valence-corrected chi connectivity index (χ1v) is 12.5. The van der Waals surface area contributed by atoms with Crippen molar-refractivity contribution in [1.29, 1.82) is 0 Å². The van der Waals surface area contributed by atoms with Gasteiger partial charge in [0.1, 0.15) is 0 Å². The molecule has 8 rings (SSSR count). The van der Waals surface area contributed by atoms with Crippen LogP contribution >= 0.6 is 0 Å². The van der Waals surface area contributed by atoms with Gasteiger partial charge in [-0.15, -0.1) is 0 Å². The van der Waals surface area contributed by atoms with Gasteiger partial charge in [0.05, 0.1) is 22.2 Å². The van der Waals surface area contributed by atoms with Crippen LogP contribution in [-0.2, 0) is 0 Å². The molecular formula is C34H21N3. The van der Waals surface area contributed by atoms with Crippen LogP contribution in [0, 0.1) is 0 Å². The second-order valence-electron chi connectivity index (χ2n) is 9.42. The Kier molecular flexibility index (Phi) is 4.23. The zero-order chi connectivity index (χ0) is 24.3. The summed E-state index contributed by atoms with van der Waals surface area (Å²) in [6, 6.07) is 44.7. The molecule has 37 heavy (non-hydrogen) atoms. The fourth-order valence-corrected chi connectivity index (χ4v) is 5.82. The number of rotatable bonds is 2. The third kappa shape index (κ3) is 2.88. The average molecular weight is 472 g/mol. The third-order valence-electron chi connectivity index (χ3n) is 7.38. The van der Waals surface area contributed by atoms with Crippen LogP contribution in [0.2, 0.25) is 0 Å². The van der Waals surface area contributed by atoms with Crippen molar-refractivity contribution < 1.29 is 0 Å². The van der Waals surface area contributed by atoms with Gasteiger partial charge in [0, 0.05) is 27.1 Å². The molecule has 3 nitrogen and oxygen atoms in total. The molecule has 0 spiro atoms. The molecule has 0 saturated carbocycles. The molecule has 0 saturated heterocycles. The average Bonchev–Trinajstić information content (AvgIpc) is 3.33. The van der Waals surface area contributed by atoms with E-state index in [1.807, 2.05) is 12.1 Å². The molecule has 3 heteroatoms. The minimum atomic E-state index is 0.684. The third-order valence-corrected chi connectivity index (χ3v) is 7.38. The summed E-state index contributed by atoms with van der Waals surface area (Å²) < 4.78 is 2.26. The van der Waals surface area contributed by atoms with E-state index in [1.54, 1.807) is 0 Å². The molecule has 8 aromatic rings. The van der Waals surface area contributed by atoms with E-state index in [1.165, 1.54) is 32.3 Å². The highest BCUT2D eigenvalue weighted by Gasteiger charge is 2.21. The largest absolute Gasteiger partial charge is 0.277 e. The van der Waals surface area contributed by atoms with Gasteiger partial charge >= 0.3 is 0 Å². The van der Waals surface area contributed by atoms with E-state index in [9.17, 15) is 0 Å². The lowest BCUT2D eigenvalue weighted by atomic mass is 9.97. The normalized spacial score (nSPS) is 11.8. The van der Waals surface area contributed by atoms with E-state index < -0.39 is 0 Å². The first-order chi connectivity index (χ1) is 18.4. The van der Waals surface area contributed by atoms with Crippen LogP contribution in [-0.4, -0.2) is 14.5 Å². The fourth-order valence-electron chi connectivity index (χ4n) is 5.82. The highest BCUT2D eigenvalue weighted by atomic mass is 15.2. The Morgan fingerprint density at radius 3 is 1.78 bits per heavy atom. The summed E-state index contributed by atoms with van der Waals surface area (Å²) in [7, 11) is 0. The van der Waals surface area contributed by atoms with E-state index in [-0.39, 0.29) is 0 Å². The molecule has 0 aliphatic heterocycles. The van der Waals surface area contributed by atoms with Gasteiger partial charge < -0.3 is 0 Å². The summed E-state index contributed by atoms with van der Waals surface area (Å²) in [5, 5.41) is 8.44. The molecule has 6 aromatic carbocycles. The highest BCUT2D eigenvalue weighted by molar-refractivity contribution is 6.32. The van der Waals surface area contributed by atoms with Gasteiger partial charge in [0.25, 0.3) is 0 Å². The Morgan fingerprint density at radius 1 is 0.432 bits per heavy atom. The zero-order valence-electron chi connectivity index (χ0n) is 20.0. The fraction of sp³-hybridized carbons (Fsp3) is 0. The van der Waals surface area contributed by atoms with Crippen molar-refractivity contribution in [1.82, 2.24) is 14.5 Å². The molecule has 0 amide bonds. The number of hydrogen-bond donors (Lipinski definition) is 0. The quantitative estimate of drug-likeness (QED) is 0.236. The Morgan fingerprint density at radius 2 is 1.00 bits per heavy atom. The van der Waals surface area contributed by atoms with E-state index in [0.717, 1.165) is 33.2 Å². The molecule has 0 aliphatic rings. The summed E-state index contributed by atoms with van der Waals surface area (Å²) in [6.07, 6.45) is 0. The standard InChI is InChI=1S/C34H21N3/c1-2-12-22(13-3-1)32-27-18-8-10-20-29(27)35-34(36-32)37-30-21-11-9-19-28(30)31-25-16-6-4-14-23(25)24-15-5-7-17-26(24)33(31)37/h1-21H. The molecule has 0 atom stereocenters. The van der Waals surface area contributed by atoms with Gasteiger partial charge in [-0.1, -0.05) is 115 Å². The minimum absolute atomic E-state index is 0.684. The Hall–Kier alpha value is -5.02. The van der Waals surface area contributed by atoms with Crippen molar-refractivity contribution in [3.05, 3.63) is 127 Å². The van der Waals surface area contributed by atoms with E-state index in [4.69, 9.17) is 9.97 Å².